The van der Waals surface area contributed by atoms with Crippen molar-refractivity contribution in [2.45, 2.75) is 0 Å². The van der Waals surface area contributed by atoms with Crippen molar-refractivity contribution in [2.75, 3.05) is 0 Å². The van der Waals surface area contributed by atoms with E-state index in [1.165, 1.54) is 22.8 Å². The first-order valence-electron chi connectivity index (χ1n) is 7.18. The second-order valence-electron chi connectivity index (χ2n) is 5.13. The molecule has 3 rings (SSSR count). The number of aryl methyl sites for hydroxylation is 1. The lowest BCUT2D eigenvalue weighted by Gasteiger charge is -2.00. The number of hydrogen-bond donors (Lipinski definition) is 1. The molecule has 0 saturated heterocycles. The molecule has 0 aliphatic carbocycles. The fourth-order valence-corrected chi connectivity index (χ4v) is 3.53. The van der Waals surface area contributed by atoms with Crippen molar-refractivity contribution in [3.8, 4) is 10.6 Å². The maximum atomic E-state index is 12.1. The molecule has 0 saturated carbocycles. The Kier molecular flexibility index (Phi) is 4.77. The van der Waals surface area contributed by atoms with Crippen LogP contribution >= 0.6 is 11.3 Å². The Morgan fingerprint density at radius 3 is 2.72 bits per heavy atom. The van der Waals surface area contributed by atoms with Crippen LogP contribution in [0.15, 0.2) is 53.5 Å². The molecule has 3 aromatic rings. The first kappa shape index (κ1) is 17.1. The maximum absolute atomic E-state index is 12.1. The van der Waals surface area contributed by atoms with Gasteiger partial charge in [-0.1, -0.05) is 30.3 Å². The number of rotatable bonds is 5. The van der Waals surface area contributed by atoms with Crippen LogP contribution in [0.3, 0.4) is 0 Å². The molecule has 0 radical (unpaired) electrons. The van der Waals surface area contributed by atoms with Crippen LogP contribution < -0.4 is 4.72 Å². The molecule has 1 amide bonds. The van der Waals surface area contributed by atoms with Crippen LogP contribution in [-0.4, -0.2) is 29.1 Å². The number of hydrogen-bond acceptors (Lipinski definition) is 6. The van der Waals surface area contributed by atoms with Crippen molar-refractivity contribution in [2.24, 2.45) is 7.05 Å². The molecule has 128 valence electrons. The second kappa shape index (κ2) is 6.99. The van der Waals surface area contributed by atoms with E-state index in [1.807, 2.05) is 10.8 Å². The van der Waals surface area contributed by atoms with Gasteiger partial charge >= 0.3 is 0 Å². The van der Waals surface area contributed by atoms with Gasteiger partial charge in [0.05, 0.1) is 11.6 Å². The van der Waals surface area contributed by atoms with E-state index in [4.69, 9.17) is 0 Å². The fraction of sp³-hybridized carbons (Fsp3) is 0.0625. The summed E-state index contributed by atoms with van der Waals surface area (Å²) in [6, 6.07) is 8.93. The number of carbonyl (C=O) groups is 1. The van der Waals surface area contributed by atoms with Crippen LogP contribution in [0.25, 0.3) is 16.6 Å². The third kappa shape index (κ3) is 4.40. The number of thiazole rings is 1. The molecule has 0 fully saturated rings. The predicted octanol–water partition coefficient (Wildman–Crippen LogP) is 2.27. The zero-order valence-electron chi connectivity index (χ0n) is 13.2. The van der Waals surface area contributed by atoms with Crippen molar-refractivity contribution in [3.05, 3.63) is 64.8 Å². The molecule has 0 aliphatic heterocycles. The number of amides is 1. The lowest BCUT2D eigenvalue weighted by molar-refractivity contribution is 0.0978. The summed E-state index contributed by atoms with van der Waals surface area (Å²) in [5.74, 6) is -0.774. The molecule has 1 aromatic carbocycles. The third-order valence-electron chi connectivity index (χ3n) is 3.16. The molecular weight excluding hydrogens is 360 g/mol. The van der Waals surface area contributed by atoms with Gasteiger partial charge in [0, 0.05) is 24.2 Å². The summed E-state index contributed by atoms with van der Waals surface area (Å²) in [4.78, 5) is 16.3. The molecular formula is C16H14N4O3S2. The summed E-state index contributed by atoms with van der Waals surface area (Å²) < 4.78 is 27.6. The van der Waals surface area contributed by atoms with Gasteiger partial charge in [0.25, 0.3) is 15.9 Å². The molecule has 9 heteroatoms. The fourth-order valence-electron chi connectivity index (χ4n) is 1.99. The zero-order valence-corrected chi connectivity index (χ0v) is 14.8. The number of sulfonamides is 1. The Morgan fingerprint density at radius 1 is 1.28 bits per heavy atom. The zero-order chi connectivity index (χ0) is 17.9. The summed E-state index contributed by atoms with van der Waals surface area (Å²) in [7, 11) is -2.14. The van der Waals surface area contributed by atoms with E-state index < -0.39 is 15.9 Å². The molecule has 0 atom stereocenters. The highest BCUT2D eigenvalue weighted by Gasteiger charge is 2.17. The third-order valence-corrected chi connectivity index (χ3v) is 5.02. The number of nitrogens with one attached hydrogen (secondary N) is 1. The minimum Gasteiger partial charge on any atom is -0.275 e. The highest BCUT2D eigenvalue weighted by molar-refractivity contribution is 7.93. The van der Waals surface area contributed by atoms with Gasteiger partial charge < -0.3 is 0 Å². The molecule has 25 heavy (non-hydrogen) atoms. The molecule has 2 heterocycles. The highest BCUT2D eigenvalue weighted by atomic mass is 32.2. The standard InChI is InChI=1S/C16H14N4O3S2/c1-20-10-13(9-17-20)16-18-14(11-24-16)15(21)19-25(22,23)8-7-12-5-3-2-4-6-12/h2-11H,1H3,(H,19,21)/b8-7+. The average molecular weight is 374 g/mol. The second-order valence-corrected chi connectivity index (χ2v) is 7.55. The molecule has 1 N–H and O–H groups in total. The van der Waals surface area contributed by atoms with E-state index in [-0.39, 0.29) is 5.69 Å². The van der Waals surface area contributed by atoms with Crippen molar-refractivity contribution in [3.63, 3.8) is 0 Å². The Labute approximate surface area is 148 Å². The molecule has 0 bridgehead atoms. The highest BCUT2D eigenvalue weighted by Crippen LogP contribution is 2.22. The molecule has 7 nitrogen and oxygen atoms in total. The van der Waals surface area contributed by atoms with Crippen LogP contribution in [-0.2, 0) is 17.1 Å². The van der Waals surface area contributed by atoms with Gasteiger partial charge in [-0.2, -0.15) is 5.10 Å². The Bertz CT molecular complexity index is 1020. The predicted molar refractivity (Wildman–Crippen MR) is 96.2 cm³/mol. The Hall–Kier alpha value is -2.78. The number of aromatic nitrogens is 3. The first-order chi connectivity index (χ1) is 11.9. The molecule has 0 spiro atoms. The van der Waals surface area contributed by atoms with Crippen molar-refractivity contribution in [1.82, 2.24) is 19.5 Å². The first-order valence-corrected chi connectivity index (χ1v) is 9.60. The van der Waals surface area contributed by atoms with E-state index >= 15 is 0 Å². The molecule has 0 unspecified atom stereocenters. The maximum Gasteiger partial charge on any atom is 0.284 e. The quantitative estimate of drug-likeness (QED) is 0.739. The molecule has 0 aliphatic rings. The Balaban J connectivity index is 1.71. The van der Waals surface area contributed by atoms with E-state index in [0.717, 1.165) is 11.0 Å². The summed E-state index contributed by atoms with van der Waals surface area (Å²) >= 11 is 1.24. The number of nitrogens with zero attached hydrogens (tertiary/aromatic N) is 3. The van der Waals surface area contributed by atoms with Crippen molar-refractivity contribution < 1.29 is 13.2 Å². The molecule has 2 aromatic heterocycles. The number of carbonyl (C=O) groups excluding carboxylic acids is 1. The smallest absolute Gasteiger partial charge is 0.275 e. The summed E-state index contributed by atoms with van der Waals surface area (Å²) in [6.07, 6.45) is 4.80. The Morgan fingerprint density at radius 2 is 2.04 bits per heavy atom. The van der Waals surface area contributed by atoms with Gasteiger partial charge in [0.2, 0.25) is 0 Å². The van der Waals surface area contributed by atoms with Gasteiger partial charge in [-0.15, -0.1) is 11.3 Å². The SMILES string of the molecule is Cn1cc(-c2nc(C(=O)NS(=O)(=O)/C=C/c3ccccc3)cs2)cn1. The van der Waals surface area contributed by atoms with E-state index in [1.54, 1.807) is 48.4 Å². The van der Waals surface area contributed by atoms with E-state index in [9.17, 15) is 13.2 Å². The van der Waals surface area contributed by atoms with Gasteiger partial charge in [-0.25, -0.2) is 18.1 Å². The summed E-state index contributed by atoms with van der Waals surface area (Å²) in [5.41, 5.74) is 1.52. The topological polar surface area (TPSA) is 94.0 Å². The van der Waals surface area contributed by atoms with Crippen LogP contribution in [0.4, 0.5) is 0 Å². The van der Waals surface area contributed by atoms with Crippen LogP contribution in [0.1, 0.15) is 16.1 Å². The number of benzene rings is 1. The van der Waals surface area contributed by atoms with Crippen molar-refractivity contribution in [1.29, 1.82) is 0 Å². The minimum absolute atomic E-state index is 0.0422. The van der Waals surface area contributed by atoms with Crippen molar-refractivity contribution >= 4 is 33.3 Å². The average Bonchev–Trinajstić information content (AvgIpc) is 3.22. The lowest BCUT2D eigenvalue weighted by atomic mass is 10.2. The summed E-state index contributed by atoms with van der Waals surface area (Å²) in [6.45, 7) is 0. The van der Waals surface area contributed by atoms with Crippen LogP contribution in [0.5, 0.6) is 0 Å². The van der Waals surface area contributed by atoms with Crippen LogP contribution in [0.2, 0.25) is 0 Å². The van der Waals surface area contributed by atoms with E-state index in [2.05, 4.69) is 10.1 Å². The largest absolute Gasteiger partial charge is 0.284 e. The van der Waals surface area contributed by atoms with Gasteiger partial charge in [-0.3, -0.25) is 9.48 Å². The van der Waals surface area contributed by atoms with Gasteiger partial charge in [0.15, 0.2) is 0 Å². The monoisotopic (exact) mass is 374 g/mol. The normalized spacial score (nSPS) is 11.7. The van der Waals surface area contributed by atoms with Crippen LogP contribution in [0, 0.1) is 0 Å². The van der Waals surface area contributed by atoms with Gasteiger partial charge in [-0.05, 0) is 11.6 Å². The lowest BCUT2D eigenvalue weighted by Crippen LogP contribution is -2.29. The van der Waals surface area contributed by atoms with E-state index in [0.29, 0.717) is 10.6 Å². The summed E-state index contributed by atoms with van der Waals surface area (Å²) in [5, 5.41) is 7.09. The minimum atomic E-state index is -3.91. The van der Waals surface area contributed by atoms with Gasteiger partial charge in [0.1, 0.15) is 10.7 Å².